The number of benzene rings is 1. The van der Waals surface area contributed by atoms with Gasteiger partial charge in [0.2, 0.25) is 0 Å². The quantitative estimate of drug-likeness (QED) is 0.578. The summed E-state index contributed by atoms with van der Waals surface area (Å²) in [6.45, 7) is 2.17. The molecule has 12 heavy (non-hydrogen) atoms. The monoisotopic (exact) mass is 338 g/mol. The average Bonchev–Trinajstić information content (AvgIpc) is 2.08. The van der Waals surface area contributed by atoms with Gasteiger partial charge in [0.05, 0.1) is 0 Å². The standard InChI is InChI=1S/C10H12BrI/c1-8-4-2-5-9(10(8)12)6-3-7-11/h2,4-5H,3,6-7H2,1H3. The summed E-state index contributed by atoms with van der Waals surface area (Å²) in [6, 6.07) is 6.53. The summed E-state index contributed by atoms with van der Waals surface area (Å²) in [5.41, 5.74) is 2.87. The molecule has 0 N–H and O–H groups in total. The van der Waals surface area contributed by atoms with Crippen molar-refractivity contribution in [1.29, 1.82) is 0 Å². The Hall–Kier alpha value is 0.430. The van der Waals surface area contributed by atoms with E-state index in [1.807, 2.05) is 0 Å². The molecule has 1 aromatic carbocycles. The van der Waals surface area contributed by atoms with Gasteiger partial charge in [-0.25, -0.2) is 0 Å². The van der Waals surface area contributed by atoms with Crippen molar-refractivity contribution in [2.75, 3.05) is 5.33 Å². The van der Waals surface area contributed by atoms with Crippen molar-refractivity contribution in [3.05, 3.63) is 32.9 Å². The van der Waals surface area contributed by atoms with Gasteiger partial charge < -0.3 is 0 Å². The maximum atomic E-state index is 3.45. The van der Waals surface area contributed by atoms with Crippen molar-refractivity contribution in [3.63, 3.8) is 0 Å². The van der Waals surface area contributed by atoms with Crippen molar-refractivity contribution >= 4 is 38.5 Å². The first kappa shape index (κ1) is 10.5. The maximum absolute atomic E-state index is 3.45. The van der Waals surface area contributed by atoms with Crippen LogP contribution in [0.4, 0.5) is 0 Å². The first-order chi connectivity index (χ1) is 5.75. The van der Waals surface area contributed by atoms with Gasteiger partial charge in [-0.1, -0.05) is 34.1 Å². The minimum Gasteiger partial charge on any atom is -0.0928 e. The minimum absolute atomic E-state index is 1.09. The number of rotatable bonds is 3. The van der Waals surface area contributed by atoms with Crippen molar-refractivity contribution < 1.29 is 0 Å². The van der Waals surface area contributed by atoms with E-state index in [4.69, 9.17) is 0 Å². The Labute approximate surface area is 96.0 Å². The Balaban J connectivity index is 2.78. The lowest BCUT2D eigenvalue weighted by Gasteiger charge is -2.05. The topological polar surface area (TPSA) is 0 Å². The number of hydrogen-bond acceptors (Lipinski definition) is 0. The minimum atomic E-state index is 1.09. The van der Waals surface area contributed by atoms with Crippen LogP contribution in [0.25, 0.3) is 0 Å². The molecule has 0 saturated heterocycles. The molecule has 1 rings (SSSR count). The summed E-state index contributed by atoms with van der Waals surface area (Å²) < 4.78 is 1.43. The lowest BCUT2D eigenvalue weighted by Crippen LogP contribution is -1.92. The summed E-state index contributed by atoms with van der Waals surface area (Å²) in [6.07, 6.45) is 2.41. The normalized spacial score (nSPS) is 10.2. The molecule has 2 heteroatoms. The number of halogens is 2. The van der Waals surface area contributed by atoms with Crippen LogP contribution in [0.1, 0.15) is 17.5 Å². The van der Waals surface area contributed by atoms with Gasteiger partial charge in [-0.05, 0) is 53.5 Å². The molecule has 0 amide bonds. The molecule has 0 radical (unpaired) electrons. The molecule has 0 atom stereocenters. The van der Waals surface area contributed by atoms with Crippen LogP contribution in [0, 0.1) is 10.5 Å². The largest absolute Gasteiger partial charge is 0.0928 e. The first-order valence-electron chi connectivity index (χ1n) is 4.05. The average molecular weight is 339 g/mol. The lowest BCUT2D eigenvalue weighted by atomic mass is 10.1. The number of hydrogen-bond donors (Lipinski definition) is 0. The van der Waals surface area contributed by atoms with Crippen molar-refractivity contribution in [2.24, 2.45) is 0 Å². The van der Waals surface area contributed by atoms with Crippen LogP contribution < -0.4 is 0 Å². The second-order valence-corrected chi connectivity index (χ2v) is 4.71. The highest BCUT2D eigenvalue weighted by atomic mass is 127. The molecule has 0 spiro atoms. The predicted molar refractivity (Wildman–Crippen MR) is 66.0 cm³/mol. The van der Waals surface area contributed by atoms with E-state index in [9.17, 15) is 0 Å². The van der Waals surface area contributed by atoms with Gasteiger partial charge >= 0.3 is 0 Å². The van der Waals surface area contributed by atoms with Crippen LogP contribution >= 0.6 is 38.5 Å². The van der Waals surface area contributed by atoms with Crippen molar-refractivity contribution in [3.8, 4) is 0 Å². The third-order valence-electron chi connectivity index (χ3n) is 1.85. The molecule has 0 aliphatic heterocycles. The van der Waals surface area contributed by atoms with E-state index < -0.39 is 0 Å². The second kappa shape index (κ2) is 5.22. The van der Waals surface area contributed by atoms with E-state index in [0.29, 0.717) is 0 Å². The van der Waals surface area contributed by atoms with Crippen LogP contribution in [0.15, 0.2) is 18.2 Å². The molecule has 0 bridgehead atoms. The summed E-state index contributed by atoms with van der Waals surface area (Å²) in [7, 11) is 0. The highest BCUT2D eigenvalue weighted by Crippen LogP contribution is 2.18. The molecule has 0 heterocycles. The van der Waals surface area contributed by atoms with Crippen molar-refractivity contribution in [1.82, 2.24) is 0 Å². The summed E-state index contributed by atoms with van der Waals surface area (Å²) in [4.78, 5) is 0. The zero-order valence-corrected chi connectivity index (χ0v) is 10.9. The highest BCUT2D eigenvalue weighted by molar-refractivity contribution is 14.1. The van der Waals surface area contributed by atoms with E-state index in [0.717, 1.165) is 5.33 Å². The fourth-order valence-electron chi connectivity index (χ4n) is 1.16. The third-order valence-corrected chi connectivity index (χ3v) is 3.96. The van der Waals surface area contributed by atoms with Gasteiger partial charge in [-0.3, -0.25) is 0 Å². The fourth-order valence-corrected chi connectivity index (χ4v) is 2.07. The molecule has 66 valence electrons. The molecular formula is C10H12BrI. The zero-order valence-electron chi connectivity index (χ0n) is 7.11. The van der Waals surface area contributed by atoms with Crippen LogP contribution in [0.5, 0.6) is 0 Å². The number of alkyl halides is 1. The Morgan fingerprint density at radius 3 is 2.83 bits per heavy atom. The molecule has 0 nitrogen and oxygen atoms in total. The van der Waals surface area contributed by atoms with E-state index in [1.54, 1.807) is 0 Å². The van der Waals surface area contributed by atoms with E-state index in [2.05, 4.69) is 63.6 Å². The molecule has 0 unspecified atom stereocenters. The Kier molecular flexibility index (Phi) is 4.57. The fraction of sp³-hybridized carbons (Fsp3) is 0.400. The van der Waals surface area contributed by atoms with Crippen LogP contribution in [0.3, 0.4) is 0 Å². The molecule has 0 fully saturated rings. The summed E-state index contributed by atoms with van der Waals surface area (Å²) >= 11 is 5.88. The lowest BCUT2D eigenvalue weighted by molar-refractivity contribution is 0.931. The van der Waals surface area contributed by atoms with E-state index >= 15 is 0 Å². The van der Waals surface area contributed by atoms with E-state index in [1.165, 1.54) is 27.5 Å². The molecule has 0 saturated carbocycles. The highest BCUT2D eigenvalue weighted by Gasteiger charge is 2.00. The SMILES string of the molecule is Cc1cccc(CCCBr)c1I. The second-order valence-electron chi connectivity index (χ2n) is 2.84. The van der Waals surface area contributed by atoms with Gasteiger partial charge in [0.25, 0.3) is 0 Å². The first-order valence-corrected chi connectivity index (χ1v) is 6.25. The molecular weight excluding hydrogens is 327 g/mol. The van der Waals surface area contributed by atoms with E-state index in [-0.39, 0.29) is 0 Å². The van der Waals surface area contributed by atoms with Gasteiger partial charge in [0, 0.05) is 8.90 Å². The van der Waals surface area contributed by atoms with Gasteiger partial charge in [-0.15, -0.1) is 0 Å². The predicted octanol–water partition coefficient (Wildman–Crippen LogP) is 3.93. The van der Waals surface area contributed by atoms with Crippen molar-refractivity contribution in [2.45, 2.75) is 19.8 Å². The molecule has 1 aromatic rings. The Bertz CT molecular complexity index is 258. The Morgan fingerprint density at radius 1 is 1.42 bits per heavy atom. The van der Waals surface area contributed by atoms with Gasteiger partial charge in [-0.2, -0.15) is 0 Å². The van der Waals surface area contributed by atoms with Crippen LogP contribution in [0.2, 0.25) is 0 Å². The molecule has 0 aliphatic rings. The van der Waals surface area contributed by atoms with Crippen LogP contribution in [-0.2, 0) is 6.42 Å². The smallest absolute Gasteiger partial charge is 0.0191 e. The third kappa shape index (κ3) is 2.73. The Morgan fingerprint density at radius 2 is 2.17 bits per heavy atom. The molecule has 0 aromatic heterocycles. The van der Waals surface area contributed by atoms with Gasteiger partial charge in [0.1, 0.15) is 0 Å². The zero-order chi connectivity index (χ0) is 8.97. The summed E-state index contributed by atoms with van der Waals surface area (Å²) in [5, 5.41) is 1.09. The summed E-state index contributed by atoms with van der Waals surface area (Å²) in [5.74, 6) is 0. The van der Waals surface area contributed by atoms with Crippen LogP contribution in [-0.4, -0.2) is 5.33 Å². The maximum Gasteiger partial charge on any atom is 0.0191 e. The van der Waals surface area contributed by atoms with Gasteiger partial charge in [0.15, 0.2) is 0 Å². The number of aryl methyl sites for hydroxylation is 2. The molecule has 0 aliphatic carbocycles.